The molecule has 0 radical (unpaired) electrons. The summed E-state index contributed by atoms with van der Waals surface area (Å²) in [4.78, 5) is 33.0. The van der Waals surface area contributed by atoms with Gasteiger partial charge in [-0.2, -0.15) is 0 Å². The van der Waals surface area contributed by atoms with Gasteiger partial charge in [-0.05, 0) is 35.7 Å². The van der Waals surface area contributed by atoms with Crippen molar-refractivity contribution in [2.75, 3.05) is 19.7 Å². The standard InChI is InChI=1S/C25H27N3O3/c1-2-3-4-6-18-8-10-20(11-9-18)25-21-15-27(16-24(31)28(21)22(25)17-29)23(30)13-19-7-5-12-26-14-19/h5,7-12,14,21-22,25,29H,2-3,13,15-17H2,1H3/t21-,22-,25+/m0/s1. The molecule has 6 nitrogen and oxygen atoms in total. The van der Waals surface area contributed by atoms with Gasteiger partial charge in [0.1, 0.15) is 0 Å². The highest BCUT2D eigenvalue weighted by Gasteiger charge is 2.54. The van der Waals surface area contributed by atoms with Crippen LogP contribution in [0.15, 0.2) is 48.8 Å². The number of hydrogen-bond donors (Lipinski definition) is 1. The molecular formula is C25H27N3O3. The first kappa shape index (κ1) is 21.1. The average Bonchev–Trinajstić information content (AvgIpc) is 2.77. The maximum Gasteiger partial charge on any atom is 0.242 e. The third-order valence-electron chi connectivity index (χ3n) is 6.09. The maximum atomic E-state index is 12.8. The van der Waals surface area contributed by atoms with Gasteiger partial charge >= 0.3 is 0 Å². The fourth-order valence-corrected chi connectivity index (χ4v) is 4.56. The fraction of sp³-hybridized carbons (Fsp3) is 0.400. The van der Waals surface area contributed by atoms with Crippen LogP contribution < -0.4 is 0 Å². The lowest BCUT2D eigenvalue weighted by molar-refractivity contribution is -0.166. The summed E-state index contributed by atoms with van der Waals surface area (Å²) in [5, 5.41) is 9.94. The van der Waals surface area contributed by atoms with Crippen molar-refractivity contribution in [1.82, 2.24) is 14.8 Å². The minimum atomic E-state index is -0.245. The van der Waals surface area contributed by atoms with Crippen LogP contribution in [0.4, 0.5) is 0 Å². The van der Waals surface area contributed by atoms with Crippen molar-refractivity contribution in [1.29, 1.82) is 0 Å². The van der Waals surface area contributed by atoms with Crippen LogP contribution in [0.1, 0.15) is 42.4 Å². The van der Waals surface area contributed by atoms with Gasteiger partial charge in [0.05, 0.1) is 31.7 Å². The number of carbonyl (C=O) groups is 2. The second-order valence-corrected chi connectivity index (χ2v) is 8.13. The highest BCUT2D eigenvalue weighted by atomic mass is 16.3. The van der Waals surface area contributed by atoms with Crippen molar-refractivity contribution in [3.63, 3.8) is 0 Å². The number of carbonyl (C=O) groups excluding carboxylic acids is 2. The Balaban J connectivity index is 1.49. The zero-order valence-electron chi connectivity index (χ0n) is 17.7. The predicted octanol–water partition coefficient (Wildman–Crippen LogP) is 1.97. The van der Waals surface area contributed by atoms with Crippen LogP contribution in [0.2, 0.25) is 0 Å². The topological polar surface area (TPSA) is 73.7 Å². The van der Waals surface area contributed by atoms with Crippen LogP contribution in [0, 0.1) is 11.8 Å². The molecule has 4 rings (SSSR count). The van der Waals surface area contributed by atoms with Crippen molar-refractivity contribution in [3.05, 3.63) is 65.5 Å². The van der Waals surface area contributed by atoms with Crippen LogP contribution in [-0.4, -0.2) is 63.5 Å². The maximum absolute atomic E-state index is 12.8. The number of aliphatic hydroxyl groups is 1. The number of aromatic nitrogens is 1. The molecule has 0 saturated carbocycles. The van der Waals surface area contributed by atoms with Crippen LogP contribution in [0.25, 0.3) is 0 Å². The molecule has 160 valence electrons. The van der Waals surface area contributed by atoms with Crippen molar-refractivity contribution in [3.8, 4) is 11.8 Å². The molecule has 6 heteroatoms. The number of piperazine rings is 1. The Hall–Kier alpha value is -3.17. The van der Waals surface area contributed by atoms with E-state index in [1.165, 1.54) is 0 Å². The van der Waals surface area contributed by atoms with Gasteiger partial charge in [0.2, 0.25) is 11.8 Å². The molecule has 2 saturated heterocycles. The van der Waals surface area contributed by atoms with E-state index in [0.29, 0.717) is 6.54 Å². The minimum Gasteiger partial charge on any atom is -0.394 e. The zero-order valence-corrected chi connectivity index (χ0v) is 17.7. The minimum absolute atomic E-state index is 0.000549. The number of hydrogen-bond acceptors (Lipinski definition) is 4. The first-order valence-electron chi connectivity index (χ1n) is 10.8. The third-order valence-corrected chi connectivity index (χ3v) is 6.09. The van der Waals surface area contributed by atoms with Crippen molar-refractivity contribution < 1.29 is 14.7 Å². The summed E-state index contributed by atoms with van der Waals surface area (Å²) in [6.07, 6.45) is 5.48. The molecule has 31 heavy (non-hydrogen) atoms. The number of unbranched alkanes of at least 4 members (excludes halogenated alkanes) is 1. The van der Waals surface area contributed by atoms with Crippen LogP contribution >= 0.6 is 0 Å². The van der Waals surface area contributed by atoms with Crippen LogP contribution in [-0.2, 0) is 16.0 Å². The van der Waals surface area contributed by atoms with E-state index in [4.69, 9.17) is 0 Å². The van der Waals surface area contributed by atoms with E-state index in [1.54, 1.807) is 28.3 Å². The Morgan fingerprint density at radius 3 is 2.74 bits per heavy atom. The third kappa shape index (κ3) is 4.33. The van der Waals surface area contributed by atoms with E-state index in [9.17, 15) is 14.7 Å². The van der Waals surface area contributed by atoms with Gasteiger partial charge in [-0.25, -0.2) is 0 Å². The predicted molar refractivity (Wildman–Crippen MR) is 117 cm³/mol. The molecule has 2 fully saturated rings. The zero-order chi connectivity index (χ0) is 21.8. The van der Waals surface area contributed by atoms with E-state index in [1.807, 2.05) is 30.3 Å². The largest absolute Gasteiger partial charge is 0.394 e. The number of amides is 2. The normalized spacial score (nSPS) is 22.3. The monoisotopic (exact) mass is 417 g/mol. The Kier molecular flexibility index (Phi) is 6.34. The number of fused-ring (bicyclic) bond motifs is 1. The number of rotatable bonds is 5. The highest BCUT2D eigenvalue weighted by molar-refractivity contribution is 5.88. The SMILES string of the molecule is CCCC#Cc1ccc([C@H]2[C@H](CO)N3C(=O)CN(C(=O)Cc4cccnc4)C[C@@H]23)cc1. The Labute approximate surface area is 182 Å². The summed E-state index contributed by atoms with van der Waals surface area (Å²) in [6.45, 7) is 2.55. The number of nitrogens with zero attached hydrogens (tertiary/aromatic N) is 3. The molecule has 1 aromatic heterocycles. The molecule has 0 spiro atoms. The molecule has 0 unspecified atom stereocenters. The smallest absolute Gasteiger partial charge is 0.242 e. The van der Waals surface area contributed by atoms with Gasteiger partial charge in [-0.15, -0.1) is 0 Å². The van der Waals surface area contributed by atoms with Crippen LogP contribution in [0.5, 0.6) is 0 Å². The molecule has 1 N–H and O–H groups in total. The summed E-state index contributed by atoms with van der Waals surface area (Å²) in [5.41, 5.74) is 2.86. The molecule has 2 aliphatic heterocycles. The van der Waals surface area contributed by atoms with E-state index >= 15 is 0 Å². The Morgan fingerprint density at radius 1 is 1.26 bits per heavy atom. The first-order valence-corrected chi connectivity index (χ1v) is 10.8. The lowest BCUT2D eigenvalue weighted by Crippen LogP contribution is -2.73. The van der Waals surface area contributed by atoms with E-state index < -0.39 is 0 Å². The Bertz CT molecular complexity index is 994. The van der Waals surface area contributed by atoms with Gasteiger partial charge in [-0.1, -0.05) is 37.0 Å². The highest BCUT2D eigenvalue weighted by Crippen LogP contribution is 2.42. The molecule has 2 aliphatic rings. The Morgan fingerprint density at radius 2 is 2.06 bits per heavy atom. The van der Waals surface area contributed by atoms with Crippen LogP contribution in [0.3, 0.4) is 0 Å². The average molecular weight is 418 g/mol. The molecular weight excluding hydrogens is 390 g/mol. The summed E-state index contributed by atoms with van der Waals surface area (Å²) in [6, 6.07) is 11.3. The lowest BCUT2D eigenvalue weighted by atomic mass is 9.73. The van der Waals surface area contributed by atoms with Gasteiger partial charge in [0.25, 0.3) is 0 Å². The number of pyridine rings is 1. The second kappa shape index (κ2) is 9.32. The molecule has 1 aromatic carbocycles. The van der Waals surface area contributed by atoms with E-state index in [-0.39, 0.29) is 49.4 Å². The second-order valence-electron chi connectivity index (χ2n) is 8.13. The summed E-state index contributed by atoms with van der Waals surface area (Å²) in [5.74, 6) is 6.13. The summed E-state index contributed by atoms with van der Waals surface area (Å²) < 4.78 is 0. The molecule has 3 atom stereocenters. The van der Waals surface area contributed by atoms with E-state index in [2.05, 4.69) is 23.7 Å². The summed E-state index contributed by atoms with van der Waals surface area (Å²) in [7, 11) is 0. The lowest BCUT2D eigenvalue weighted by Gasteiger charge is -2.58. The van der Waals surface area contributed by atoms with Crippen molar-refractivity contribution in [2.24, 2.45) is 0 Å². The number of benzene rings is 1. The molecule has 0 aliphatic carbocycles. The van der Waals surface area contributed by atoms with Gasteiger partial charge < -0.3 is 14.9 Å². The summed E-state index contributed by atoms with van der Waals surface area (Å²) >= 11 is 0. The van der Waals surface area contributed by atoms with Gasteiger partial charge in [0.15, 0.2) is 0 Å². The molecule has 2 aromatic rings. The number of aliphatic hydroxyl groups excluding tert-OH is 1. The molecule has 3 heterocycles. The van der Waals surface area contributed by atoms with Gasteiger partial charge in [-0.3, -0.25) is 14.6 Å². The fourth-order valence-electron chi connectivity index (χ4n) is 4.56. The van der Waals surface area contributed by atoms with Gasteiger partial charge in [0, 0.05) is 36.8 Å². The quantitative estimate of drug-likeness (QED) is 0.755. The van der Waals surface area contributed by atoms with E-state index in [0.717, 1.165) is 29.5 Å². The molecule has 0 bridgehead atoms. The van der Waals surface area contributed by atoms with Crippen molar-refractivity contribution >= 4 is 11.8 Å². The van der Waals surface area contributed by atoms with Crippen molar-refractivity contribution in [2.45, 2.75) is 44.2 Å². The first-order chi connectivity index (χ1) is 15.1. The molecule has 2 amide bonds.